The number of hydrogen-bond acceptors (Lipinski definition) is 4. The molecule has 1 amide bonds. The van der Waals surface area contributed by atoms with Crippen molar-refractivity contribution in [2.75, 3.05) is 31.2 Å². The van der Waals surface area contributed by atoms with E-state index in [1.54, 1.807) is 6.20 Å². The van der Waals surface area contributed by atoms with E-state index >= 15 is 0 Å². The van der Waals surface area contributed by atoms with Gasteiger partial charge in [-0.1, -0.05) is 6.07 Å². The maximum Gasteiger partial charge on any atom is 0.252 e. The van der Waals surface area contributed by atoms with E-state index in [-0.39, 0.29) is 11.7 Å². The van der Waals surface area contributed by atoms with Crippen molar-refractivity contribution in [2.45, 2.75) is 6.54 Å². The predicted molar refractivity (Wildman–Crippen MR) is 92.5 cm³/mol. The first-order valence-corrected chi connectivity index (χ1v) is 8.43. The summed E-state index contributed by atoms with van der Waals surface area (Å²) in [6.45, 7) is 3.46. The first-order chi connectivity index (χ1) is 11.6. The van der Waals surface area contributed by atoms with Crippen LogP contribution >= 0.6 is 15.9 Å². The highest BCUT2D eigenvalue weighted by Gasteiger charge is 2.13. The molecular formula is C17H17BrFN3O2. The van der Waals surface area contributed by atoms with Gasteiger partial charge in [0.1, 0.15) is 11.6 Å². The zero-order valence-corrected chi connectivity index (χ0v) is 14.6. The summed E-state index contributed by atoms with van der Waals surface area (Å²) in [5, 5.41) is 2.81. The molecule has 0 radical (unpaired) electrons. The Bertz CT molecular complexity index is 718. The maximum atomic E-state index is 13.1. The zero-order valence-electron chi connectivity index (χ0n) is 13.0. The van der Waals surface area contributed by atoms with E-state index in [0.29, 0.717) is 29.8 Å². The molecule has 1 aromatic heterocycles. The normalized spacial score (nSPS) is 14.5. The first kappa shape index (κ1) is 16.9. The fourth-order valence-electron chi connectivity index (χ4n) is 2.45. The standard InChI is InChI=1S/C17H17BrFN3O2/c18-15-9-13(19)2-3-14(15)17(23)21-11-12-1-4-16(20-10-12)22-5-7-24-8-6-22/h1-4,9-10H,5-8,11H2,(H,21,23). The van der Waals surface area contributed by atoms with Crippen molar-refractivity contribution in [3.63, 3.8) is 0 Å². The Balaban J connectivity index is 1.59. The van der Waals surface area contributed by atoms with Gasteiger partial charge in [-0.05, 0) is 45.8 Å². The lowest BCUT2D eigenvalue weighted by atomic mass is 10.2. The number of nitrogens with zero attached hydrogens (tertiary/aromatic N) is 2. The number of halogens is 2. The number of aromatic nitrogens is 1. The monoisotopic (exact) mass is 393 g/mol. The number of ether oxygens (including phenoxy) is 1. The van der Waals surface area contributed by atoms with E-state index in [9.17, 15) is 9.18 Å². The molecule has 3 rings (SSSR count). The summed E-state index contributed by atoms with van der Waals surface area (Å²) in [6, 6.07) is 7.87. The van der Waals surface area contributed by atoms with Crippen LogP contribution in [0.3, 0.4) is 0 Å². The largest absolute Gasteiger partial charge is 0.378 e. The minimum atomic E-state index is -0.388. The molecule has 1 fully saturated rings. The molecule has 1 aliphatic rings. The number of hydrogen-bond donors (Lipinski definition) is 1. The van der Waals surface area contributed by atoms with Crippen molar-refractivity contribution in [1.29, 1.82) is 0 Å². The lowest BCUT2D eigenvalue weighted by Gasteiger charge is -2.27. The summed E-state index contributed by atoms with van der Waals surface area (Å²) in [6.07, 6.45) is 1.75. The van der Waals surface area contributed by atoms with Crippen molar-refractivity contribution in [1.82, 2.24) is 10.3 Å². The van der Waals surface area contributed by atoms with Crippen molar-refractivity contribution >= 4 is 27.7 Å². The number of benzene rings is 1. The van der Waals surface area contributed by atoms with Crippen molar-refractivity contribution < 1.29 is 13.9 Å². The third kappa shape index (κ3) is 4.10. The molecule has 0 saturated carbocycles. The topological polar surface area (TPSA) is 54.5 Å². The van der Waals surface area contributed by atoms with E-state index in [1.807, 2.05) is 12.1 Å². The summed E-state index contributed by atoms with van der Waals surface area (Å²) in [5.41, 5.74) is 1.30. The van der Waals surface area contributed by atoms with Gasteiger partial charge in [-0.3, -0.25) is 4.79 Å². The molecule has 1 saturated heterocycles. The number of morpholine rings is 1. The van der Waals surface area contributed by atoms with Crippen LogP contribution in [0.5, 0.6) is 0 Å². The van der Waals surface area contributed by atoms with Crippen LogP contribution in [0.15, 0.2) is 41.0 Å². The van der Waals surface area contributed by atoms with Crippen LogP contribution in [-0.4, -0.2) is 37.2 Å². The summed E-state index contributed by atoms with van der Waals surface area (Å²) in [4.78, 5) is 18.8. The predicted octanol–water partition coefficient (Wildman–Crippen LogP) is 2.75. The highest BCUT2D eigenvalue weighted by Crippen LogP contribution is 2.18. The molecular weight excluding hydrogens is 377 g/mol. The minimum absolute atomic E-state index is 0.265. The zero-order chi connectivity index (χ0) is 16.9. The Morgan fingerprint density at radius 2 is 2.08 bits per heavy atom. The number of nitrogens with one attached hydrogen (secondary N) is 1. The molecule has 5 nitrogen and oxygen atoms in total. The SMILES string of the molecule is O=C(NCc1ccc(N2CCOCC2)nc1)c1ccc(F)cc1Br. The minimum Gasteiger partial charge on any atom is -0.378 e. The van der Waals surface area contributed by atoms with Gasteiger partial charge in [0.2, 0.25) is 0 Å². The quantitative estimate of drug-likeness (QED) is 0.867. The van der Waals surface area contributed by atoms with Gasteiger partial charge >= 0.3 is 0 Å². The van der Waals surface area contributed by atoms with Crippen LogP contribution in [-0.2, 0) is 11.3 Å². The van der Waals surface area contributed by atoms with Gasteiger partial charge in [-0.2, -0.15) is 0 Å². The smallest absolute Gasteiger partial charge is 0.252 e. The number of carbonyl (C=O) groups excluding carboxylic acids is 1. The van der Waals surface area contributed by atoms with Crippen LogP contribution < -0.4 is 10.2 Å². The van der Waals surface area contributed by atoms with Crippen LogP contribution in [0.25, 0.3) is 0 Å². The Hall–Kier alpha value is -1.99. The molecule has 1 aromatic carbocycles. The Kier molecular flexibility index (Phi) is 5.42. The molecule has 126 valence electrons. The van der Waals surface area contributed by atoms with Gasteiger partial charge in [0.25, 0.3) is 5.91 Å². The molecule has 24 heavy (non-hydrogen) atoms. The molecule has 2 aromatic rings. The molecule has 0 spiro atoms. The molecule has 1 aliphatic heterocycles. The average Bonchev–Trinajstić information content (AvgIpc) is 2.61. The second-order valence-corrected chi connectivity index (χ2v) is 6.29. The van der Waals surface area contributed by atoms with Gasteiger partial charge in [-0.15, -0.1) is 0 Å². The molecule has 2 heterocycles. The molecule has 1 N–H and O–H groups in total. The van der Waals surface area contributed by atoms with Crippen LogP contribution in [0, 0.1) is 5.82 Å². The molecule has 7 heteroatoms. The van der Waals surface area contributed by atoms with E-state index < -0.39 is 0 Å². The number of amides is 1. The number of anilines is 1. The number of rotatable bonds is 4. The lowest BCUT2D eigenvalue weighted by Crippen LogP contribution is -2.36. The van der Waals surface area contributed by atoms with Gasteiger partial charge in [0.05, 0.1) is 18.8 Å². The molecule has 0 unspecified atom stereocenters. The molecule has 0 aliphatic carbocycles. The van der Waals surface area contributed by atoms with Gasteiger partial charge < -0.3 is 15.0 Å². The fourth-order valence-corrected chi connectivity index (χ4v) is 2.98. The number of carbonyl (C=O) groups is 1. The van der Waals surface area contributed by atoms with E-state index in [2.05, 4.69) is 31.1 Å². The van der Waals surface area contributed by atoms with Crippen LogP contribution in [0.4, 0.5) is 10.2 Å². The average molecular weight is 394 g/mol. The highest BCUT2D eigenvalue weighted by atomic mass is 79.9. The summed E-state index contributed by atoms with van der Waals surface area (Å²) in [7, 11) is 0. The maximum absolute atomic E-state index is 13.1. The Morgan fingerprint density at radius 3 is 2.75 bits per heavy atom. The van der Waals surface area contributed by atoms with Crippen molar-refractivity contribution in [2.24, 2.45) is 0 Å². The highest BCUT2D eigenvalue weighted by molar-refractivity contribution is 9.10. The van der Waals surface area contributed by atoms with Crippen molar-refractivity contribution in [3.8, 4) is 0 Å². The Labute approximate surface area is 148 Å². The van der Waals surface area contributed by atoms with Gasteiger partial charge in [-0.25, -0.2) is 9.37 Å². The van der Waals surface area contributed by atoms with E-state index in [1.165, 1.54) is 18.2 Å². The third-order valence-corrected chi connectivity index (χ3v) is 4.43. The second kappa shape index (κ2) is 7.72. The number of pyridine rings is 1. The van der Waals surface area contributed by atoms with E-state index in [4.69, 9.17) is 4.74 Å². The summed E-state index contributed by atoms with van der Waals surface area (Å²) in [5.74, 6) is 0.259. The van der Waals surface area contributed by atoms with Gasteiger partial charge in [0.15, 0.2) is 0 Å². The second-order valence-electron chi connectivity index (χ2n) is 5.43. The van der Waals surface area contributed by atoms with Crippen LogP contribution in [0.1, 0.15) is 15.9 Å². The lowest BCUT2D eigenvalue weighted by molar-refractivity contribution is 0.0950. The Morgan fingerprint density at radius 1 is 1.29 bits per heavy atom. The fraction of sp³-hybridized carbons (Fsp3) is 0.294. The van der Waals surface area contributed by atoms with E-state index in [0.717, 1.165) is 24.5 Å². The van der Waals surface area contributed by atoms with Crippen LogP contribution in [0.2, 0.25) is 0 Å². The van der Waals surface area contributed by atoms with Crippen molar-refractivity contribution in [3.05, 3.63) is 57.9 Å². The summed E-state index contributed by atoms with van der Waals surface area (Å²) >= 11 is 3.20. The first-order valence-electron chi connectivity index (χ1n) is 7.64. The van der Waals surface area contributed by atoms with Gasteiger partial charge in [0, 0.05) is 30.3 Å². The molecule has 0 atom stereocenters. The third-order valence-electron chi connectivity index (χ3n) is 3.77. The summed E-state index contributed by atoms with van der Waals surface area (Å²) < 4.78 is 18.8. The molecule has 0 bridgehead atoms.